The Bertz CT molecular complexity index is 1290. The largest absolute Gasteiger partial charge is 0.294 e. The van der Waals surface area contributed by atoms with Gasteiger partial charge < -0.3 is 0 Å². The topological polar surface area (TPSA) is 47.3 Å². The summed E-state index contributed by atoms with van der Waals surface area (Å²) in [7, 11) is 0. The third-order valence-corrected chi connectivity index (χ3v) is 5.83. The first-order chi connectivity index (χ1) is 14.4. The minimum absolute atomic E-state index is 0.110. The van der Waals surface area contributed by atoms with Gasteiger partial charge in [0.15, 0.2) is 11.4 Å². The molecule has 7 heteroatoms. The Morgan fingerprint density at radius 2 is 1.77 bits per heavy atom. The molecule has 0 unspecified atom stereocenters. The highest BCUT2D eigenvalue weighted by Crippen LogP contribution is 2.35. The number of aromatic nitrogens is 3. The number of halogens is 3. The van der Waals surface area contributed by atoms with Crippen molar-refractivity contribution in [3.8, 4) is 11.1 Å². The van der Waals surface area contributed by atoms with E-state index in [4.69, 9.17) is 11.6 Å². The first-order valence-corrected chi connectivity index (χ1v) is 9.91. The fourth-order valence-electron chi connectivity index (χ4n) is 4.21. The molecule has 30 heavy (non-hydrogen) atoms. The summed E-state index contributed by atoms with van der Waals surface area (Å²) in [6.07, 6.45) is 2.19. The molecule has 4 aromatic rings. The van der Waals surface area contributed by atoms with Gasteiger partial charge in [0.1, 0.15) is 11.6 Å². The molecular formula is C23H16ClF2N3O. The van der Waals surface area contributed by atoms with E-state index >= 15 is 0 Å². The van der Waals surface area contributed by atoms with Crippen molar-refractivity contribution in [2.75, 3.05) is 0 Å². The van der Waals surface area contributed by atoms with Crippen LogP contribution in [0.25, 0.3) is 16.8 Å². The zero-order valence-electron chi connectivity index (χ0n) is 16.0. The molecule has 1 aliphatic rings. The van der Waals surface area contributed by atoms with Crippen molar-refractivity contribution in [2.24, 2.45) is 0 Å². The predicted molar refractivity (Wildman–Crippen MR) is 110 cm³/mol. The van der Waals surface area contributed by atoms with E-state index in [2.05, 4.69) is 10.1 Å². The van der Waals surface area contributed by atoms with Crippen LogP contribution in [0, 0.1) is 18.6 Å². The molecule has 2 aromatic carbocycles. The molecule has 5 rings (SSSR count). The number of Topliss-reactive ketones (excluding diaryl/α,β-unsaturated/α-hetero) is 1. The Labute approximate surface area is 176 Å². The fourth-order valence-corrected chi connectivity index (χ4v) is 4.33. The van der Waals surface area contributed by atoms with Crippen LogP contribution in [0.15, 0.2) is 48.7 Å². The zero-order valence-corrected chi connectivity index (χ0v) is 16.8. The van der Waals surface area contributed by atoms with Crippen molar-refractivity contribution >= 4 is 23.0 Å². The van der Waals surface area contributed by atoms with Gasteiger partial charge >= 0.3 is 0 Å². The third kappa shape index (κ3) is 3.08. The van der Waals surface area contributed by atoms with Crippen LogP contribution in [0.4, 0.5) is 8.78 Å². The smallest absolute Gasteiger partial charge is 0.166 e. The first-order valence-electron chi connectivity index (χ1n) is 9.53. The average molecular weight is 424 g/mol. The molecule has 1 atom stereocenters. The molecule has 1 aliphatic carbocycles. The number of carbonyl (C=O) groups excluding carboxylic acids is 1. The van der Waals surface area contributed by atoms with Crippen LogP contribution in [0.3, 0.4) is 0 Å². The molecule has 4 nitrogen and oxygen atoms in total. The van der Waals surface area contributed by atoms with E-state index in [1.807, 2.05) is 19.1 Å². The molecule has 0 spiro atoms. The molecule has 2 heterocycles. The lowest BCUT2D eigenvalue weighted by Gasteiger charge is -2.24. The minimum atomic E-state index is -0.650. The molecule has 150 valence electrons. The summed E-state index contributed by atoms with van der Waals surface area (Å²) >= 11 is 6.01. The molecule has 0 aliphatic heterocycles. The standard InChI is InChI=1S/C23H16ClF2N3O/c1-12-22(13-2-4-16(24)5-3-13)23-27-11-19-20(29(23)28-12)8-15(9-21(19)30)14-6-17(25)10-18(26)7-14/h2-7,10-11,15H,8-9H2,1H3/t15-/m1/s1. The fraction of sp³-hybridized carbons (Fsp3) is 0.174. The van der Waals surface area contributed by atoms with E-state index in [1.54, 1.807) is 22.8 Å². The van der Waals surface area contributed by atoms with Gasteiger partial charge in [-0.25, -0.2) is 18.3 Å². The summed E-state index contributed by atoms with van der Waals surface area (Å²) in [5, 5.41) is 5.28. The maximum absolute atomic E-state index is 13.7. The van der Waals surface area contributed by atoms with Gasteiger partial charge in [0.05, 0.1) is 17.0 Å². The normalized spacial score (nSPS) is 16.1. The number of aryl methyl sites for hydroxylation is 1. The van der Waals surface area contributed by atoms with E-state index in [1.165, 1.54) is 12.1 Å². The first kappa shape index (κ1) is 18.9. The van der Waals surface area contributed by atoms with Gasteiger partial charge in [0.2, 0.25) is 0 Å². The molecule has 0 fully saturated rings. The lowest BCUT2D eigenvalue weighted by molar-refractivity contribution is 0.0962. The summed E-state index contributed by atoms with van der Waals surface area (Å²) in [4.78, 5) is 17.3. The number of hydrogen-bond donors (Lipinski definition) is 0. The Morgan fingerprint density at radius 1 is 1.07 bits per heavy atom. The Kier molecular flexibility index (Phi) is 4.40. The third-order valence-electron chi connectivity index (χ3n) is 5.58. The zero-order chi connectivity index (χ0) is 21.0. The van der Waals surface area contributed by atoms with Gasteiger partial charge in [-0.3, -0.25) is 4.79 Å². The number of rotatable bonds is 2. The molecule has 0 saturated carbocycles. The van der Waals surface area contributed by atoms with Crippen LogP contribution >= 0.6 is 11.6 Å². The van der Waals surface area contributed by atoms with E-state index in [9.17, 15) is 13.6 Å². The Morgan fingerprint density at radius 3 is 2.47 bits per heavy atom. The maximum Gasteiger partial charge on any atom is 0.166 e. The van der Waals surface area contributed by atoms with Crippen molar-refractivity contribution in [1.29, 1.82) is 0 Å². The summed E-state index contributed by atoms with van der Waals surface area (Å²) < 4.78 is 29.2. The number of hydrogen-bond acceptors (Lipinski definition) is 3. The summed E-state index contributed by atoms with van der Waals surface area (Å²) in [5.41, 5.74) is 4.86. The van der Waals surface area contributed by atoms with Crippen molar-refractivity contribution in [1.82, 2.24) is 14.6 Å². The lowest BCUT2D eigenvalue weighted by Crippen LogP contribution is -2.22. The van der Waals surface area contributed by atoms with Gasteiger partial charge in [-0.05, 0) is 54.7 Å². The second kappa shape index (κ2) is 6.99. The lowest BCUT2D eigenvalue weighted by atomic mass is 9.82. The molecular weight excluding hydrogens is 408 g/mol. The van der Waals surface area contributed by atoms with E-state index in [-0.39, 0.29) is 18.1 Å². The number of carbonyl (C=O) groups is 1. The van der Waals surface area contributed by atoms with Crippen LogP contribution in [0.2, 0.25) is 5.02 Å². The molecule has 0 amide bonds. The monoisotopic (exact) mass is 423 g/mol. The molecule has 0 radical (unpaired) electrons. The van der Waals surface area contributed by atoms with Crippen LogP contribution in [-0.2, 0) is 6.42 Å². The SMILES string of the molecule is Cc1nn2c3c(cnc2c1-c1ccc(Cl)cc1)C(=O)C[C@H](c1cc(F)cc(F)c1)C3. The molecule has 0 saturated heterocycles. The Balaban J connectivity index is 1.65. The number of fused-ring (bicyclic) bond motifs is 3. The second-order valence-electron chi connectivity index (χ2n) is 7.55. The van der Waals surface area contributed by atoms with Crippen LogP contribution in [-0.4, -0.2) is 20.4 Å². The maximum atomic E-state index is 13.7. The summed E-state index contributed by atoms with van der Waals surface area (Å²) in [6, 6.07) is 10.8. The highest BCUT2D eigenvalue weighted by molar-refractivity contribution is 6.30. The summed E-state index contributed by atoms with van der Waals surface area (Å²) in [5.74, 6) is -1.74. The van der Waals surface area contributed by atoms with Gasteiger partial charge in [0.25, 0.3) is 0 Å². The number of nitrogens with zero attached hydrogens (tertiary/aromatic N) is 3. The van der Waals surface area contributed by atoms with Crippen LogP contribution in [0.1, 0.15) is 39.6 Å². The van der Waals surface area contributed by atoms with Crippen molar-refractivity contribution < 1.29 is 13.6 Å². The molecule has 2 aromatic heterocycles. The average Bonchev–Trinajstić information content (AvgIpc) is 3.04. The number of ketones is 1. The summed E-state index contributed by atoms with van der Waals surface area (Å²) in [6.45, 7) is 1.88. The van der Waals surface area contributed by atoms with Gasteiger partial charge in [-0.1, -0.05) is 23.7 Å². The van der Waals surface area contributed by atoms with Crippen molar-refractivity contribution in [3.63, 3.8) is 0 Å². The Hall–Kier alpha value is -3.12. The van der Waals surface area contributed by atoms with E-state index < -0.39 is 11.6 Å². The minimum Gasteiger partial charge on any atom is -0.294 e. The second-order valence-corrected chi connectivity index (χ2v) is 7.99. The van der Waals surface area contributed by atoms with E-state index in [0.717, 1.165) is 22.9 Å². The highest BCUT2D eigenvalue weighted by atomic mass is 35.5. The van der Waals surface area contributed by atoms with Crippen LogP contribution < -0.4 is 0 Å². The van der Waals surface area contributed by atoms with Crippen LogP contribution in [0.5, 0.6) is 0 Å². The highest BCUT2D eigenvalue weighted by Gasteiger charge is 2.30. The van der Waals surface area contributed by atoms with Gasteiger partial charge in [-0.15, -0.1) is 0 Å². The van der Waals surface area contributed by atoms with Crippen molar-refractivity contribution in [3.05, 3.63) is 87.8 Å². The van der Waals surface area contributed by atoms with E-state index in [0.29, 0.717) is 33.9 Å². The number of benzene rings is 2. The predicted octanol–water partition coefficient (Wildman–Crippen LogP) is 5.55. The molecule has 0 N–H and O–H groups in total. The van der Waals surface area contributed by atoms with Gasteiger partial charge in [-0.2, -0.15) is 5.10 Å². The quantitative estimate of drug-likeness (QED) is 0.424. The molecule has 0 bridgehead atoms. The van der Waals surface area contributed by atoms with Gasteiger partial charge in [0, 0.05) is 29.3 Å². The van der Waals surface area contributed by atoms with Crippen molar-refractivity contribution in [2.45, 2.75) is 25.7 Å².